The summed E-state index contributed by atoms with van der Waals surface area (Å²) >= 11 is 1.36. The zero-order valence-corrected chi connectivity index (χ0v) is 11.2. The van der Waals surface area contributed by atoms with Crippen molar-refractivity contribution in [2.24, 2.45) is 5.92 Å². The van der Waals surface area contributed by atoms with Crippen LogP contribution in [0.5, 0.6) is 0 Å². The van der Waals surface area contributed by atoms with Gasteiger partial charge in [0.2, 0.25) is 0 Å². The minimum Gasteiger partial charge on any atom is -0.465 e. The van der Waals surface area contributed by atoms with E-state index in [1.807, 2.05) is 6.07 Å². The third kappa shape index (κ3) is 2.59. The van der Waals surface area contributed by atoms with Gasteiger partial charge >= 0.3 is 5.97 Å². The van der Waals surface area contributed by atoms with Gasteiger partial charge < -0.3 is 20.5 Å². The number of aliphatic hydroxyl groups is 1. The minimum absolute atomic E-state index is 0.210. The maximum Gasteiger partial charge on any atom is 0.350 e. The van der Waals surface area contributed by atoms with E-state index in [0.29, 0.717) is 16.5 Å². The van der Waals surface area contributed by atoms with Crippen LogP contribution in [0.3, 0.4) is 0 Å². The highest BCUT2D eigenvalue weighted by atomic mass is 32.1. The lowest BCUT2D eigenvalue weighted by molar-refractivity contribution is 0.0607. The number of methoxy groups -OCH3 is 1. The lowest BCUT2D eigenvalue weighted by Crippen LogP contribution is -2.36. The number of piperidine rings is 1. The molecule has 6 heteroatoms. The molecule has 18 heavy (non-hydrogen) atoms. The molecule has 1 fully saturated rings. The predicted octanol–water partition coefficient (Wildman–Crippen LogP) is 1.33. The standard InChI is InChI=1S/C12H18N2O3S/c1-17-12(16)11-9(13)5-10(18-11)14-4-2-3-8(6-14)7-15/h5,8,15H,2-4,6-7,13H2,1H3. The SMILES string of the molecule is COC(=O)c1sc(N2CCCC(CO)C2)cc1N. The zero-order valence-electron chi connectivity index (χ0n) is 10.4. The van der Waals surface area contributed by atoms with E-state index in [2.05, 4.69) is 4.90 Å². The van der Waals surface area contributed by atoms with Crippen LogP contribution in [0.2, 0.25) is 0 Å². The Morgan fingerprint density at radius 2 is 2.50 bits per heavy atom. The van der Waals surface area contributed by atoms with E-state index in [4.69, 9.17) is 10.5 Å². The van der Waals surface area contributed by atoms with Crippen molar-refractivity contribution in [1.82, 2.24) is 0 Å². The molecule has 0 aliphatic carbocycles. The zero-order chi connectivity index (χ0) is 13.1. The van der Waals surface area contributed by atoms with Gasteiger partial charge in [0.15, 0.2) is 0 Å². The van der Waals surface area contributed by atoms with Gasteiger partial charge in [-0.3, -0.25) is 0 Å². The van der Waals surface area contributed by atoms with Crippen LogP contribution in [0.1, 0.15) is 22.5 Å². The van der Waals surface area contributed by atoms with Gasteiger partial charge in [-0.05, 0) is 24.8 Å². The normalized spacial score (nSPS) is 19.9. The summed E-state index contributed by atoms with van der Waals surface area (Å²) in [5, 5.41) is 10.2. The Morgan fingerprint density at radius 1 is 1.72 bits per heavy atom. The Hall–Kier alpha value is -1.27. The highest BCUT2D eigenvalue weighted by molar-refractivity contribution is 7.18. The molecule has 0 bridgehead atoms. The first kappa shape index (κ1) is 13.2. The largest absolute Gasteiger partial charge is 0.465 e. The second-order valence-corrected chi connectivity index (χ2v) is 5.53. The number of hydrogen-bond donors (Lipinski definition) is 2. The molecule has 1 aliphatic rings. The molecule has 0 amide bonds. The molecule has 1 atom stereocenters. The lowest BCUT2D eigenvalue weighted by atomic mass is 9.99. The summed E-state index contributed by atoms with van der Waals surface area (Å²) in [6.45, 7) is 1.97. The number of esters is 1. The van der Waals surface area contributed by atoms with Gasteiger partial charge in [-0.25, -0.2) is 4.79 Å². The van der Waals surface area contributed by atoms with E-state index in [-0.39, 0.29) is 12.6 Å². The van der Waals surface area contributed by atoms with Crippen LogP contribution in [-0.4, -0.2) is 37.9 Å². The number of anilines is 2. The van der Waals surface area contributed by atoms with Gasteiger partial charge in [-0.1, -0.05) is 0 Å². The second kappa shape index (κ2) is 5.58. The number of carbonyl (C=O) groups is 1. The monoisotopic (exact) mass is 270 g/mol. The van der Waals surface area contributed by atoms with Crippen molar-refractivity contribution in [3.8, 4) is 0 Å². The van der Waals surface area contributed by atoms with E-state index >= 15 is 0 Å². The van der Waals surface area contributed by atoms with Crippen molar-refractivity contribution < 1.29 is 14.6 Å². The average Bonchev–Trinajstić information content (AvgIpc) is 2.80. The summed E-state index contributed by atoms with van der Waals surface area (Å²) in [7, 11) is 1.35. The van der Waals surface area contributed by atoms with Gasteiger partial charge in [0.25, 0.3) is 0 Å². The van der Waals surface area contributed by atoms with Crippen LogP contribution in [0.25, 0.3) is 0 Å². The van der Waals surface area contributed by atoms with E-state index in [1.165, 1.54) is 18.4 Å². The molecule has 1 aromatic rings. The maximum absolute atomic E-state index is 11.5. The third-order valence-corrected chi connectivity index (χ3v) is 4.40. The lowest BCUT2D eigenvalue weighted by Gasteiger charge is -2.32. The molecule has 5 nitrogen and oxygen atoms in total. The molecule has 100 valence electrons. The van der Waals surface area contributed by atoms with Crippen LogP contribution in [0.15, 0.2) is 6.07 Å². The molecule has 1 aromatic heterocycles. The first-order valence-corrected chi connectivity index (χ1v) is 6.80. The molecule has 2 heterocycles. The third-order valence-electron chi connectivity index (χ3n) is 3.21. The van der Waals surface area contributed by atoms with Crippen molar-refractivity contribution in [1.29, 1.82) is 0 Å². The van der Waals surface area contributed by atoms with Crippen LogP contribution < -0.4 is 10.6 Å². The molecule has 0 radical (unpaired) electrons. The Labute approximate surface area is 110 Å². The fraction of sp³-hybridized carbons (Fsp3) is 0.583. The number of rotatable bonds is 3. The molecule has 1 saturated heterocycles. The van der Waals surface area contributed by atoms with E-state index < -0.39 is 0 Å². The summed E-state index contributed by atoms with van der Waals surface area (Å²) in [6, 6.07) is 1.82. The first-order valence-electron chi connectivity index (χ1n) is 5.99. The van der Waals surface area contributed by atoms with Crippen LogP contribution in [-0.2, 0) is 4.74 Å². The number of nitrogen functional groups attached to an aromatic ring is 1. The van der Waals surface area contributed by atoms with Crippen molar-refractivity contribution >= 4 is 28.0 Å². The molecule has 1 aliphatic heterocycles. The predicted molar refractivity (Wildman–Crippen MR) is 72.1 cm³/mol. The summed E-state index contributed by atoms with van der Waals surface area (Å²) in [6.07, 6.45) is 2.11. The molecule has 1 unspecified atom stereocenters. The van der Waals surface area contributed by atoms with Crippen molar-refractivity contribution in [3.05, 3.63) is 10.9 Å². The molecule has 2 rings (SSSR count). The quantitative estimate of drug-likeness (QED) is 0.810. The summed E-state index contributed by atoms with van der Waals surface area (Å²) in [5.41, 5.74) is 6.29. The Bertz CT molecular complexity index is 433. The fourth-order valence-electron chi connectivity index (χ4n) is 2.21. The minimum atomic E-state index is -0.389. The topological polar surface area (TPSA) is 75.8 Å². The van der Waals surface area contributed by atoms with Crippen LogP contribution in [0, 0.1) is 5.92 Å². The highest BCUT2D eigenvalue weighted by Crippen LogP contribution is 2.34. The molecule has 0 aromatic carbocycles. The van der Waals surface area contributed by atoms with Crippen molar-refractivity contribution in [3.63, 3.8) is 0 Å². The van der Waals surface area contributed by atoms with Gasteiger partial charge in [0.1, 0.15) is 4.88 Å². The van der Waals surface area contributed by atoms with Crippen molar-refractivity contribution in [2.45, 2.75) is 12.8 Å². The van der Waals surface area contributed by atoms with E-state index in [9.17, 15) is 9.90 Å². The van der Waals surface area contributed by atoms with E-state index in [0.717, 1.165) is 30.9 Å². The number of hydrogen-bond acceptors (Lipinski definition) is 6. The summed E-state index contributed by atoms with van der Waals surface area (Å²) in [5.74, 6) is -0.0804. The number of carbonyl (C=O) groups excluding carboxylic acids is 1. The number of ether oxygens (including phenoxy) is 1. The van der Waals surface area contributed by atoms with Crippen molar-refractivity contribution in [2.75, 3.05) is 37.4 Å². The first-order chi connectivity index (χ1) is 8.65. The van der Waals surface area contributed by atoms with Crippen LogP contribution >= 0.6 is 11.3 Å². The number of thiophene rings is 1. The molecular weight excluding hydrogens is 252 g/mol. The fourth-order valence-corrected chi connectivity index (χ4v) is 3.25. The van der Waals surface area contributed by atoms with Gasteiger partial charge in [-0.15, -0.1) is 11.3 Å². The average molecular weight is 270 g/mol. The summed E-state index contributed by atoms with van der Waals surface area (Å²) < 4.78 is 4.69. The summed E-state index contributed by atoms with van der Waals surface area (Å²) in [4.78, 5) is 14.1. The number of nitrogens with zero attached hydrogens (tertiary/aromatic N) is 1. The Morgan fingerprint density at radius 3 is 3.17 bits per heavy atom. The van der Waals surface area contributed by atoms with Gasteiger partial charge in [0.05, 0.1) is 17.8 Å². The maximum atomic E-state index is 11.5. The molecule has 0 spiro atoms. The van der Waals surface area contributed by atoms with Gasteiger partial charge in [0, 0.05) is 19.7 Å². The van der Waals surface area contributed by atoms with Gasteiger partial charge in [-0.2, -0.15) is 0 Å². The molecular formula is C12H18N2O3S. The van der Waals surface area contributed by atoms with E-state index in [1.54, 1.807) is 0 Å². The Balaban J connectivity index is 2.16. The smallest absolute Gasteiger partial charge is 0.350 e. The molecule has 0 saturated carbocycles. The number of nitrogens with two attached hydrogens (primary N) is 1. The second-order valence-electron chi connectivity index (χ2n) is 4.50. The Kier molecular flexibility index (Phi) is 4.08. The highest BCUT2D eigenvalue weighted by Gasteiger charge is 2.23. The molecule has 3 N–H and O–H groups in total. The van der Waals surface area contributed by atoms with Crippen LogP contribution in [0.4, 0.5) is 10.7 Å². The number of aliphatic hydroxyl groups excluding tert-OH is 1.